The number of anilines is 2. The van der Waals surface area contributed by atoms with E-state index in [1.165, 1.54) is 17.5 Å². The summed E-state index contributed by atoms with van der Waals surface area (Å²) >= 11 is 6.14. The van der Waals surface area contributed by atoms with Crippen molar-refractivity contribution in [3.05, 3.63) is 63.4 Å². The minimum atomic E-state index is -0.318. The number of carbonyl (C=O) groups excluding carboxylic acids is 1. The maximum atomic E-state index is 13.0. The van der Waals surface area contributed by atoms with Gasteiger partial charge in [0, 0.05) is 29.2 Å². The third kappa shape index (κ3) is 4.33. The quantitative estimate of drug-likeness (QED) is 0.675. The topological polar surface area (TPSA) is 67.2 Å². The molecular formula is C23H25ClN4O2. The van der Waals surface area contributed by atoms with Gasteiger partial charge in [-0.05, 0) is 43.5 Å². The molecule has 1 amide bonds. The van der Waals surface area contributed by atoms with E-state index >= 15 is 0 Å². The minimum Gasteiger partial charge on any atom is -0.355 e. The second kappa shape index (κ2) is 8.88. The molecule has 0 bridgehead atoms. The number of nitrogens with one attached hydrogen (secondary N) is 1. The van der Waals surface area contributed by atoms with Crippen LogP contribution >= 0.6 is 11.6 Å². The van der Waals surface area contributed by atoms with E-state index in [2.05, 4.69) is 15.3 Å². The molecule has 2 aromatic carbocycles. The van der Waals surface area contributed by atoms with Crippen molar-refractivity contribution in [3.8, 4) is 0 Å². The second-order valence-corrected chi connectivity index (χ2v) is 8.15. The van der Waals surface area contributed by atoms with Crippen LogP contribution in [0.5, 0.6) is 0 Å². The van der Waals surface area contributed by atoms with Gasteiger partial charge < -0.3 is 10.2 Å². The average molecular weight is 425 g/mol. The van der Waals surface area contributed by atoms with Crippen LogP contribution in [0, 0.1) is 6.92 Å². The van der Waals surface area contributed by atoms with Crippen LogP contribution in [0.2, 0.25) is 5.02 Å². The highest BCUT2D eigenvalue weighted by atomic mass is 35.5. The Hall–Kier alpha value is -2.86. The predicted molar refractivity (Wildman–Crippen MR) is 122 cm³/mol. The van der Waals surface area contributed by atoms with Crippen LogP contribution in [0.25, 0.3) is 10.8 Å². The number of amides is 1. The highest BCUT2D eigenvalue weighted by Gasteiger charge is 2.18. The predicted octanol–water partition coefficient (Wildman–Crippen LogP) is 4.38. The molecule has 1 aliphatic heterocycles. The molecule has 1 N–H and O–H groups in total. The van der Waals surface area contributed by atoms with Crippen LogP contribution in [0.15, 0.2) is 47.3 Å². The first kappa shape index (κ1) is 20.4. The van der Waals surface area contributed by atoms with Crippen molar-refractivity contribution in [2.45, 2.75) is 39.2 Å². The monoisotopic (exact) mass is 424 g/mol. The summed E-state index contributed by atoms with van der Waals surface area (Å²) in [4.78, 5) is 27.9. The van der Waals surface area contributed by atoms with E-state index in [0.717, 1.165) is 42.7 Å². The van der Waals surface area contributed by atoms with Crippen molar-refractivity contribution in [3.63, 3.8) is 0 Å². The van der Waals surface area contributed by atoms with E-state index in [-0.39, 0.29) is 18.0 Å². The Morgan fingerprint density at radius 1 is 1.07 bits per heavy atom. The summed E-state index contributed by atoms with van der Waals surface area (Å²) in [5.74, 6) is 0.458. The molecule has 1 aliphatic rings. The first-order valence-electron chi connectivity index (χ1n) is 10.3. The number of aromatic nitrogens is 2. The van der Waals surface area contributed by atoms with Crippen LogP contribution in [0.4, 0.5) is 11.5 Å². The van der Waals surface area contributed by atoms with E-state index in [4.69, 9.17) is 11.6 Å². The second-order valence-electron chi connectivity index (χ2n) is 7.75. The Kier molecular flexibility index (Phi) is 6.04. The molecule has 2 heterocycles. The van der Waals surface area contributed by atoms with Crippen LogP contribution in [0.1, 0.15) is 31.2 Å². The number of nitrogens with zero attached hydrogens (tertiary/aromatic N) is 3. The van der Waals surface area contributed by atoms with Gasteiger partial charge >= 0.3 is 0 Å². The van der Waals surface area contributed by atoms with Gasteiger partial charge in [0.05, 0.1) is 5.39 Å². The van der Waals surface area contributed by atoms with Gasteiger partial charge in [-0.3, -0.25) is 9.59 Å². The van der Waals surface area contributed by atoms with Gasteiger partial charge in [0.15, 0.2) is 5.82 Å². The van der Waals surface area contributed by atoms with E-state index in [0.29, 0.717) is 16.1 Å². The summed E-state index contributed by atoms with van der Waals surface area (Å²) in [7, 11) is 0. The molecule has 3 aromatic rings. The highest BCUT2D eigenvalue weighted by Crippen LogP contribution is 2.25. The maximum Gasteiger partial charge on any atom is 0.275 e. The summed E-state index contributed by atoms with van der Waals surface area (Å²) < 4.78 is 1.27. The molecule has 1 aromatic heterocycles. The van der Waals surface area contributed by atoms with Crippen LogP contribution < -0.4 is 15.8 Å². The number of halogens is 1. The standard InChI is InChI=1S/C23H25ClN4O2/c1-16-10-11-17(14-20(16)24)25-21(29)15-28-23(30)19-9-5-4-8-18(19)22(26-28)27-12-6-2-3-7-13-27/h4-5,8-11,14H,2-3,6-7,12-13,15H2,1H3,(H,25,29). The van der Waals surface area contributed by atoms with Crippen molar-refractivity contribution < 1.29 is 4.79 Å². The van der Waals surface area contributed by atoms with E-state index in [1.54, 1.807) is 18.2 Å². The third-order valence-corrected chi connectivity index (χ3v) is 5.91. The van der Waals surface area contributed by atoms with Gasteiger partial charge in [0.1, 0.15) is 6.54 Å². The van der Waals surface area contributed by atoms with Gasteiger partial charge in [0.2, 0.25) is 5.91 Å². The lowest BCUT2D eigenvalue weighted by Crippen LogP contribution is -2.33. The molecule has 7 heteroatoms. The lowest BCUT2D eigenvalue weighted by Gasteiger charge is -2.23. The van der Waals surface area contributed by atoms with Crippen molar-refractivity contribution in [2.24, 2.45) is 0 Å². The molecule has 0 saturated carbocycles. The zero-order chi connectivity index (χ0) is 21.1. The van der Waals surface area contributed by atoms with Gasteiger partial charge in [-0.25, -0.2) is 4.68 Å². The Labute approximate surface area is 180 Å². The number of carbonyl (C=O) groups is 1. The molecule has 0 radical (unpaired) electrons. The Balaban J connectivity index is 1.66. The summed E-state index contributed by atoms with van der Waals surface area (Å²) in [6.45, 7) is 3.55. The average Bonchev–Trinajstić information content (AvgIpc) is 3.02. The molecule has 0 spiro atoms. The number of rotatable bonds is 4. The Bertz CT molecular complexity index is 1130. The van der Waals surface area contributed by atoms with Crippen LogP contribution in [-0.4, -0.2) is 28.8 Å². The molecule has 0 unspecified atom stereocenters. The zero-order valence-corrected chi connectivity index (χ0v) is 17.8. The van der Waals surface area contributed by atoms with E-state index in [1.807, 2.05) is 31.2 Å². The largest absolute Gasteiger partial charge is 0.355 e. The fraction of sp³-hybridized carbons (Fsp3) is 0.348. The molecule has 0 atom stereocenters. The summed E-state index contributed by atoms with van der Waals surface area (Å²) in [5.41, 5.74) is 1.27. The smallest absolute Gasteiger partial charge is 0.275 e. The van der Waals surface area contributed by atoms with Crippen molar-refractivity contribution >= 4 is 39.8 Å². The fourth-order valence-corrected chi connectivity index (χ4v) is 4.03. The number of hydrogen-bond acceptors (Lipinski definition) is 4. The van der Waals surface area contributed by atoms with Crippen LogP contribution in [0.3, 0.4) is 0 Å². The molecule has 1 fully saturated rings. The lowest BCUT2D eigenvalue weighted by atomic mass is 10.1. The number of hydrogen-bond donors (Lipinski definition) is 1. The molecule has 30 heavy (non-hydrogen) atoms. The maximum absolute atomic E-state index is 13.0. The van der Waals surface area contributed by atoms with Crippen molar-refractivity contribution in [2.75, 3.05) is 23.3 Å². The fourth-order valence-electron chi connectivity index (χ4n) is 3.85. The third-order valence-electron chi connectivity index (χ3n) is 5.50. The number of benzene rings is 2. The first-order valence-corrected chi connectivity index (χ1v) is 10.7. The minimum absolute atomic E-state index is 0.157. The summed E-state index contributed by atoms with van der Waals surface area (Å²) in [6.07, 6.45) is 4.61. The van der Waals surface area contributed by atoms with E-state index < -0.39 is 0 Å². The normalized spacial score (nSPS) is 14.5. The zero-order valence-electron chi connectivity index (χ0n) is 17.0. The molecule has 0 aliphatic carbocycles. The number of fused-ring (bicyclic) bond motifs is 1. The van der Waals surface area contributed by atoms with Gasteiger partial charge in [-0.15, -0.1) is 0 Å². The van der Waals surface area contributed by atoms with Crippen molar-refractivity contribution in [1.29, 1.82) is 0 Å². The van der Waals surface area contributed by atoms with Crippen molar-refractivity contribution in [1.82, 2.24) is 9.78 Å². The lowest BCUT2D eigenvalue weighted by molar-refractivity contribution is -0.117. The number of aryl methyl sites for hydroxylation is 1. The summed E-state index contributed by atoms with van der Waals surface area (Å²) in [5, 5.41) is 9.43. The van der Waals surface area contributed by atoms with Crippen LogP contribution in [-0.2, 0) is 11.3 Å². The van der Waals surface area contributed by atoms with Gasteiger partial charge in [-0.2, -0.15) is 5.10 Å². The summed E-state index contributed by atoms with van der Waals surface area (Å²) in [6, 6.07) is 12.8. The molecule has 4 rings (SSSR count). The first-order chi connectivity index (χ1) is 14.5. The SMILES string of the molecule is Cc1ccc(NC(=O)Cn2nc(N3CCCCCC3)c3ccccc3c2=O)cc1Cl. The van der Waals surface area contributed by atoms with Gasteiger partial charge in [-0.1, -0.05) is 48.7 Å². The Morgan fingerprint density at radius 2 is 1.77 bits per heavy atom. The molecule has 1 saturated heterocycles. The van der Waals surface area contributed by atoms with E-state index in [9.17, 15) is 9.59 Å². The molecule has 156 valence electrons. The van der Waals surface area contributed by atoms with Gasteiger partial charge in [0.25, 0.3) is 5.56 Å². The molecule has 6 nitrogen and oxygen atoms in total. The Morgan fingerprint density at radius 3 is 2.47 bits per heavy atom. The molecular weight excluding hydrogens is 400 g/mol. The highest BCUT2D eigenvalue weighted by molar-refractivity contribution is 6.31.